The quantitative estimate of drug-likeness (QED) is 0.807. The number of rotatable bonds is 3. The summed E-state index contributed by atoms with van der Waals surface area (Å²) in [5.74, 6) is 1.43. The molecule has 0 bridgehead atoms. The molecule has 0 radical (unpaired) electrons. The molecule has 2 heterocycles. The lowest BCUT2D eigenvalue weighted by Crippen LogP contribution is -2.09. The fourth-order valence-electron chi connectivity index (χ4n) is 1.07. The van der Waals surface area contributed by atoms with E-state index >= 15 is 0 Å². The van der Waals surface area contributed by atoms with Crippen molar-refractivity contribution in [2.75, 3.05) is 5.32 Å². The second kappa shape index (κ2) is 4.50. The van der Waals surface area contributed by atoms with Gasteiger partial charge in [0.25, 0.3) is 0 Å². The van der Waals surface area contributed by atoms with Crippen molar-refractivity contribution >= 4 is 39.7 Å². The molecule has 0 fully saturated rings. The summed E-state index contributed by atoms with van der Waals surface area (Å²) in [6.07, 6.45) is 1.62. The molecule has 82 valence electrons. The molecule has 0 spiro atoms. The summed E-state index contributed by atoms with van der Waals surface area (Å²) in [7, 11) is 0. The summed E-state index contributed by atoms with van der Waals surface area (Å²) in [5.41, 5.74) is 6.21. The fraction of sp³-hybridized carbons (Fsp3) is 0.111. The van der Waals surface area contributed by atoms with E-state index in [9.17, 15) is 0 Å². The Morgan fingerprint density at radius 1 is 1.50 bits per heavy atom. The molecular weight excluding hydrogens is 242 g/mol. The molecule has 2 aromatic rings. The summed E-state index contributed by atoms with van der Waals surface area (Å²) < 4.78 is 4.06. The number of nitrogens with zero attached hydrogens (tertiary/aromatic N) is 3. The summed E-state index contributed by atoms with van der Waals surface area (Å²) >= 11 is 6.13. The molecule has 0 atom stereocenters. The molecule has 16 heavy (non-hydrogen) atoms. The van der Waals surface area contributed by atoms with Crippen molar-refractivity contribution in [3.8, 4) is 0 Å². The van der Waals surface area contributed by atoms with Crippen LogP contribution >= 0.6 is 23.8 Å². The summed E-state index contributed by atoms with van der Waals surface area (Å²) in [5, 5.41) is 3.76. The van der Waals surface area contributed by atoms with Gasteiger partial charge in [-0.1, -0.05) is 12.2 Å². The minimum atomic E-state index is 0.339. The molecule has 2 aromatic heterocycles. The maximum Gasteiger partial charge on any atom is 0.208 e. The van der Waals surface area contributed by atoms with Crippen molar-refractivity contribution < 1.29 is 0 Å². The Balaban J connectivity index is 2.14. The molecule has 3 N–H and O–H groups in total. The first-order valence-corrected chi connectivity index (χ1v) is 5.66. The summed E-state index contributed by atoms with van der Waals surface area (Å²) in [4.78, 5) is 8.67. The summed E-state index contributed by atoms with van der Waals surface area (Å²) in [6, 6.07) is 3.61. The van der Waals surface area contributed by atoms with Gasteiger partial charge in [-0.05, 0) is 19.1 Å². The zero-order valence-corrected chi connectivity index (χ0v) is 10.1. The standard InChI is InChI=1S/C9H9N5S2/c1-5-12-9(16-14-5)13-7-3-2-6(4-11-7)8(10)15/h2-4H,1H3,(H2,10,15)(H,11,12,13,14). The predicted octanol–water partition coefficient (Wildman–Crippen LogP) is 1.62. The normalized spacial score (nSPS) is 10.1. The first-order valence-electron chi connectivity index (χ1n) is 4.48. The third-order valence-corrected chi connectivity index (χ3v) is 2.77. The van der Waals surface area contributed by atoms with Crippen LogP contribution in [-0.4, -0.2) is 19.3 Å². The van der Waals surface area contributed by atoms with Gasteiger partial charge in [-0.3, -0.25) is 0 Å². The lowest BCUT2D eigenvalue weighted by Gasteiger charge is -2.01. The molecule has 5 nitrogen and oxygen atoms in total. The third kappa shape index (κ3) is 2.50. The second-order valence-electron chi connectivity index (χ2n) is 3.07. The molecule has 0 aliphatic carbocycles. The van der Waals surface area contributed by atoms with E-state index in [0.29, 0.717) is 15.9 Å². The molecular formula is C9H9N5S2. The molecule has 0 aliphatic heterocycles. The Morgan fingerprint density at radius 2 is 2.31 bits per heavy atom. The molecule has 2 rings (SSSR count). The molecule has 0 aromatic carbocycles. The van der Waals surface area contributed by atoms with Crippen LogP contribution in [0.2, 0.25) is 0 Å². The number of pyridine rings is 1. The van der Waals surface area contributed by atoms with E-state index in [1.165, 1.54) is 11.5 Å². The number of hydrogen-bond donors (Lipinski definition) is 2. The van der Waals surface area contributed by atoms with Gasteiger partial charge in [0.1, 0.15) is 16.6 Å². The van der Waals surface area contributed by atoms with Crippen LogP contribution in [0, 0.1) is 6.92 Å². The zero-order valence-electron chi connectivity index (χ0n) is 8.47. The molecule has 0 amide bonds. The SMILES string of the molecule is Cc1nsc(Nc2ccc(C(N)=S)cn2)n1. The van der Waals surface area contributed by atoms with E-state index in [-0.39, 0.29) is 0 Å². The van der Waals surface area contributed by atoms with Crippen molar-refractivity contribution in [2.45, 2.75) is 6.92 Å². The number of anilines is 2. The van der Waals surface area contributed by atoms with Crippen LogP contribution in [0.25, 0.3) is 0 Å². The highest BCUT2D eigenvalue weighted by Crippen LogP contribution is 2.16. The average Bonchev–Trinajstić information content (AvgIpc) is 2.65. The molecule has 0 unspecified atom stereocenters. The van der Waals surface area contributed by atoms with Gasteiger partial charge in [0.15, 0.2) is 0 Å². The Labute approximate surface area is 102 Å². The van der Waals surface area contributed by atoms with Gasteiger partial charge in [0.05, 0.1) is 0 Å². The molecule has 0 aliphatic rings. The van der Waals surface area contributed by atoms with Gasteiger partial charge in [0, 0.05) is 23.3 Å². The molecule has 7 heteroatoms. The Kier molecular flexibility index (Phi) is 3.07. The summed E-state index contributed by atoms with van der Waals surface area (Å²) in [6.45, 7) is 1.84. The smallest absolute Gasteiger partial charge is 0.208 e. The number of nitrogens with two attached hydrogens (primary N) is 1. The van der Waals surface area contributed by atoms with Crippen molar-refractivity contribution in [3.05, 3.63) is 29.7 Å². The first kappa shape index (κ1) is 10.9. The minimum absolute atomic E-state index is 0.339. The van der Waals surface area contributed by atoms with E-state index in [0.717, 1.165) is 11.4 Å². The van der Waals surface area contributed by atoms with Gasteiger partial charge in [-0.15, -0.1) is 0 Å². The second-order valence-corrected chi connectivity index (χ2v) is 4.26. The topological polar surface area (TPSA) is 76.7 Å². The van der Waals surface area contributed by atoms with E-state index in [1.807, 2.05) is 13.0 Å². The van der Waals surface area contributed by atoms with Crippen molar-refractivity contribution in [1.29, 1.82) is 0 Å². The van der Waals surface area contributed by atoms with Gasteiger partial charge in [-0.25, -0.2) is 9.97 Å². The average molecular weight is 251 g/mol. The first-order chi connectivity index (χ1) is 7.65. The van der Waals surface area contributed by atoms with Crippen LogP contribution in [0.3, 0.4) is 0 Å². The maximum atomic E-state index is 5.47. The van der Waals surface area contributed by atoms with Gasteiger partial charge in [0.2, 0.25) is 5.13 Å². The van der Waals surface area contributed by atoms with Crippen molar-refractivity contribution in [2.24, 2.45) is 5.73 Å². The number of aryl methyl sites for hydroxylation is 1. The molecule has 0 saturated carbocycles. The number of aromatic nitrogens is 3. The van der Waals surface area contributed by atoms with Gasteiger partial charge in [-0.2, -0.15) is 4.37 Å². The lowest BCUT2D eigenvalue weighted by atomic mass is 10.3. The van der Waals surface area contributed by atoms with Crippen LogP contribution < -0.4 is 11.1 Å². The highest BCUT2D eigenvalue weighted by Gasteiger charge is 2.02. The number of thiocarbonyl (C=S) groups is 1. The zero-order chi connectivity index (χ0) is 11.5. The van der Waals surface area contributed by atoms with Crippen molar-refractivity contribution in [1.82, 2.24) is 14.3 Å². The van der Waals surface area contributed by atoms with E-state index in [1.54, 1.807) is 12.3 Å². The van der Waals surface area contributed by atoms with E-state index < -0.39 is 0 Å². The Bertz CT molecular complexity index is 505. The monoisotopic (exact) mass is 251 g/mol. The fourth-order valence-corrected chi connectivity index (χ4v) is 1.77. The largest absolute Gasteiger partial charge is 0.389 e. The van der Waals surface area contributed by atoms with Crippen LogP contribution in [-0.2, 0) is 0 Å². The van der Waals surface area contributed by atoms with Gasteiger partial charge < -0.3 is 11.1 Å². The van der Waals surface area contributed by atoms with Crippen LogP contribution in [0.5, 0.6) is 0 Å². The van der Waals surface area contributed by atoms with Crippen LogP contribution in [0.15, 0.2) is 18.3 Å². The van der Waals surface area contributed by atoms with Crippen LogP contribution in [0.1, 0.15) is 11.4 Å². The lowest BCUT2D eigenvalue weighted by molar-refractivity contribution is 1.16. The predicted molar refractivity (Wildman–Crippen MR) is 68.1 cm³/mol. The van der Waals surface area contributed by atoms with E-state index in [2.05, 4.69) is 19.7 Å². The minimum Gasteiger partial charge on any atom is -0.389 e. The number of nitrogens with one attached hydrogen (secondary N) is 1. The Hall–Kier alpha value is -1.60. The van der Waals surface area contributed by atoms with E-state index in [4.69, 9.17) is 18.0 Å². The Morgan fingerprint density at radius 3 is 2.81 bits per heavy atom. The maximum absolute atomic E-state index is 5.47. The van der Waals surface area contributed by atoms with Crippen molar-refractivity contribution in [3.63, 3.8) is 0 Å². The molecule has 0 saturated heterocycles. The number of hydrogen-bond acceptors (Lipinski definition) is 6. The van der Waals surface area contributed by atoms with Crippen LogP contribution in [0.4, 0.5) is 10.9 Å². The highest BCUT2D eigenvalue weighted by molar-refractivity contribution is 7.80. The third-order valence-electron chi connectivity index (χ3n) is 1.81. The van der Waals surface area contributed by atoms with Gasteiger partial charge >= 0.3 is 0 Å². The highest BCUT2D eigenvalue weighted by atomic mass is 32.1.